The minimum Gasteiger partial charge on any atom is -0.377 e. The molecular weight excluding hydrogens is 386 g/mol. The first-order valence-electron chi connectivity index (χ1n) is 10.6. The van der Waals surface area contributed by atoms with Crippen molar-refractivity contribution >= 4 is 23.6 Å². The number of nitrogens with one attached hydrogen (secondary N) is 1. The summed E-state index contributed by atoms with van der Waals surface area (Å²) in [6.07, 6.45) is 5.31. The highest BCUT2D eigenvalue weighted by atomic mass is 32.2. The van der Waals surface area contributed by atoms with E-state index >= 15 is 0 Å². The van der Waals surface area contributed by atoms with Crippen molar-refractivity contribution in [2.24, 2.45) is 0 Å². The fraction of sp³-hybridized carbons (Fsp3) is 0.636. The first kappa shape index (κ1) is 22.1. The van der Waals surface area contributed by atoms with Gasteiger partial charge in [0.1, 0.15) is 6.04 Å². The van der Waals surface area contributed by atoms with Crippen molar-refractivity contribution in [1.29, 1.82) is 0 Å². The second-order valence-corrected chi connectivity index (χ2v) is 8.92. The van der Waals surface area contributed by atoms with E-state index in [-0.39, 0.29) is 11.8 Å². The van der Waals surface area contributed by atoms with Gasteiger partial charge in [0.15, 0.2) is 0 Å². The summed E-state index contributed by atoms with van der Waals surface area (Å²) in [7, 11) is 0. The van der Waals surface area contributed by atoms with Crippen LogP contribution in [0.25, 0.3) is 0 Å². The van der Waals surface area contributed by atoms with E-state index in [1.165, 1.54) is 0 Å². The van der Waals surface area contributed by atoms with Crippen LogP contribution in [-0.4, -0.2) is 85.1 Å². The first-order valence-corrected chi connectivity index (χ1v) is 12.0. The Balaban J connectivity index is 1.55. The van der Waals surface area contributed by atoms with Gasteiger partial charge in [-0.25, -0.2) is 0 Å². The van der Waals surface area contributed by atoms with Gasteiger partial charge in [0, 0.05) is 44.9 Å². The summed E-state index contributed by atoms with van der Waals surface area (Å²) >= 11 is 1.69. The molecule has 0 bridgehead atoms. The summed E-state index contributed by atoms with van der Waals surface area (Å²) in [5, 5.41) is 2.99. The van der Waals surface area contributed by atoms with E-state index in [2.05, 4.69) is 10.2 Å². The lowest BCUT2D eigenvalue weighted by atomic mass is 10.1. The minimum atomic E-state index is -0.472. The largest absolute Gasteiger partial charge is 0.377 e. The van der Waals surface area contributed by atoms with E-state index in [1.807, 2.05) is 36.3 Å². The van der Waals surface area contributed by atoms with Gasteiger partial charge in [0.05, 0.1) is 6.10 Å². The van der Waals surface area contributed by atoms with Gasteiger partial charge >= 0.3 is 0 Å². The van der Waals surface area contributed by atoms with Crippen LogP contribution in [0.15, 0.2) is 24.3 Å². The number of aryl methyl sites for hydroxylation is 1. The molecule has 0 aromatic heterocycles. The van der Waals surface area contributed by atoms with Gasteiger partial charge in [-0.2, -0.15) is 11.8 Å². The monoisotopic (exact) mass is 419 g/mol. The molecule has 2 amide bonds. The Morgan fingerprint density at radius 1 is 1.28 bits per heavy atom. The van der Waals surface area contributed by atoms with Crippen molar-refractivity contribution in [2.75, 3.05) is 51.3 Å². The SMILES string of the molecule is CSCCC(NC(=O)c1cccc(C)c1)C(=O)N1CCN(CC2CCCO2)CC1. The second kappa shape index (κ2) is 11.0. The smallest absolute Gasteiger partial charge is 0.251 e. The Bertz CT molecular complexity index is 686. The molecule has 1 aromatic rings. The second-order valence-electron chi connectivity index (χ2n) is 7.94. The van der Waals surface area contributed by atoms with Crippen molar-refractivity contribution in [3.05, 3.63) is 35.4 Å². The number of amides is 2. The molecule has 29 heavy (non-hydrogen) atoms. The van der Waals surface area contributed by atoms with Crippen LogP contribution in [-0.2, 0) is 9.53 Å². The molecule has 2 aliphatic heterocycles. The molecule has 0 aliphatic carbocycles. The van der Waals surface area contributed by atoms with Crippen LogP contribution < -0.4 is 5.32 Å². The van der Waals surface area contributed by atoms with Gasteiger partial charge in [-0.3, -0.25) is 14.5 Å². The number of ether oxygens (including phenoxy) is 1. The molecule has 0 spiro atoms. The van der Waals surface area contributed by atoms with E-state index in [4.69, 9.17) is 4.74 Å². The van der Waals surface area contributed by atoms with Crippen LogP contribution in [0.4, 0.5) is 0 Å². The summed E-state index contributed by atoms with van der Waals surface area (Å²) in [6.45, 7) is 6.95. The van der Waals surface area contributed by atoms with Crippen molar-refractivity contribution in [3.63, 3.8) is 0 Å². The Hall–Kier alpha value is -1.57. The molecule has 2 unspecified atom stereocenters. The number of carbonyl (C=O) groups excluding carboxylic acids is 2. The van der Waals surface area contributed by atoms with Crippen LogP contribution in [0.5, 0.6) is 0 Å². The number of nitrogens with zero attached hydrogens (tertiary/aromatic N) is 2. The Kier molecular flexibility index (Phi) is 8.39. The fourth-order valence-corrected chi connectivity index (χ4v) is 4.44. The Labute approximate surface area is 178 Å². The van der Waals surface area contributed by atoms with Gasteiger partial charge in [0.25, 0.3) is 5.91 Å². The Morgan fingerprint density at radius 3 is 2.72 bits per heavy atom. The van der Waals surface area contributed by atoms with E-state index in [9.17, 15) is 9.59 Å². The lowest BCUT2D eigenvalue weighted by Gasteiger charge is -2.37. The lowest BCUT2D eigenvalue weighted by molar-refractivity contribution is -0.135. The maximum atomic E-state index is 13.1. The molecule has 7 heteroatoms. The van der Waals surface area contributed by atoms with E-state index in [0.29, 0.717) is 31.2 Å². The molecule has 160 valence electrons. The standard InChI is InChI=1S/C22H33N3O3S/c1-17-5-3-6-18(15-17)21(26)23-20(8-14-29-2)22(27)25-11-9-24(10-12-25)16-19-7-4-13-28-19/h3,5-6,15,19-20H,4,7-14,16H2,1-2H3,(H,23,26). The third kappa shape index (κ3) is 6.46. The van der Waals surface area contributed by atoms with E-state index in [1.54, 1.807) is 17.8 Å². The molecule has 1 N–H and O–H groups in total. The fourth-order valence-electron chi connectivity index (χ4n) is 3.97. The summed E-state index contributed by atoms with van der Waals surface area (Å²) in [4.78, 5) is 30.1. The number of rotatable bonds is 8. The minimum absolute atomic E-state index is 0.0387. The number of piperazine rings is 1. The topological polar surface area (TPSA) is 61.9 Å². The van der Waals surface area contributed by atoms with Crippen molar-refractivity contribution in [2.45, 2.75) is 38.3 Å². The van der Waals surface area contributed by atoms with Crippen molar-refractivity contribution in [1.82, 2.24) is 15.1 Å². The van der Waals surface area contributed by atoms with Crippen molar-refractivity contribution in [3.8, 4) is 0 Å². The van der Waals surface area contributed by atoms with Crippen LogP contribution in [0.3, 0.4) is 0 Å². The van der Waals surface area contributed by atoms with Crippen LogP contribution in [0, 0.1) is 6.92 Å². The maximum Gasteiger partial charge on any atom is 0.251 e. The third-order valence-electron chi connectivity index (χ3n) is 5.66. The first-order chi connectivity index (χ1) is 14.1. The zero-order valence-corrected chi connectivity index (χ0v) is 18.4. The zero-order valence-electron chi connectivity index (χ0n) is 17.6. The molecule has 1 aromatic carbocycles. The van der Waals surface area contributed by atoms with E-state index in [0.717, 1.165) is 50.4 Å². The van der Waals surface area contributed by atoms with Gasteiger partial charge < -0.3 is 15.0 Å². The van der Waals surface area contributed by atoms with Gasteiger partial charge in [-0.05, 0) is 50.3 Å². The quantitative estimate of drug-likeness (QED) is 0.700. The van der Waals surface area contributed by atoms with Crippen molar-refractivity contribution < 1.29 is 14.3 Å². The number of benzene rings is 1. The highest BCUT2D eigenvalue weighted by Crippen LogP contribution is 2.15. The molecule has 2 fully saturated rings. The molecule has 2 aliphatic rings. The average Bonchev–Trinajstić information content (AvgIpc) is 3.24. The number of carbonyl (C=O) groups is 2. The number of hydrogen-bond acceptors (Lipinski definition) is 5. The maximum absolute atomic E-state index is 13.1. The number of hydrogen-bond donors (Lipinski definition) is 1. The van der Waals surface area contributed by atoms with Crippen LogP contribution in [0.1, 0.15) is 35.2 Å². The summed E-state index contributed by atoms with van der Waals surface area (Å²) < 4.78 is 5.73. The number of thioether (sulfide) groups is 1. The third-order valence-corrected chi connectivity index (χ3v) is 6.31. The van der Waals surface area contributed by atoms with Crippen LogP contribution >= 0.6 is 11.8 Å². The molecular formula is C22H33N3O3S. The van der Waals surface area contributed by atoms with E-state index < -0.39 is 6.04 Å². The highest BCUT2D eigenvalue weighted by molar-refractivity contribution is 7.98. The lowest BCUT2D eigenvalue weighted by Crippen LogP contribution is -2.55. The molecule has 3 rings (SSSR count). The zero-order chi connectivity index (χ0) is 20.6. The molecule has 2 saturated heterocycles. The molecule has 2 atom stereocenters. The predicted octanol–water partition coefficient (Wildman–Crippen LogP) is 2.17. The average molecular weight is 420 g/mol. The van der Waals surface area contributed by atoms with Gasteiger partial charge in [-0.15, -0.1) is 0 Å². The normalized spacial score (nSPS) is 21.2. The highest BCUT2D eigenvalue weighted by Gasteiger charge is 2.29. The summed E-state index contributed by atoms with van der Waals surface area (Å²) in [6, 6.07) is 7.01. The predicted molar refractivity (Wildman–Crippen MR) is 117 cm³/mol. The Morgan fingerprint density at radius 2 is 2.07 bits per heavy atom. The van der Waals surface area contributed by atoms with Gasteiger partial charge in [-0.1, -0.05) is 17.7 Å². The molecule has 2 heterocycles. The summed E-state index contributed by atoms with van der Waals surface area (Å²) in [5.41, 5.74) is 1.64. The molecule has 0 radical (unpaired) electrons. The van der Waals surface area contributed by atoms with Gasteiger partial charge in [0.2, 0.25) is 5.91 Å². The molecule has 0 saturated carbocycles. The molecule has 6 nitrogen and oxygen atoms in total. The van der Waals surface area contributed by atoms with Crippen LogP contribution in [0.2, 0.25) is 0 Å². The summed E-state index contributed by atoms with van der Waals surface area (Å²) in [5.74, 6) is 0.700.